The van der Waals surface area contributed by atoms with E-state index >= 15 is 0 Å². The molecule has 0 saturated carbocycles. The SMILES string of the molecule is Nc1ccc(-c2ccc(N)c(N)c2)cc1N.Nc1ccc(-c2ccc(N)c(N)c2)cc1N.O=S(=O)([O-])O.O=S(=O)=O.O=S([O-])OO.[H-].[Na+].[Na+]. The molecule has 254 valence electrons. The van der Waals surface area contributed by atoms with E-state index in [1.54, 1.807) is 24.3 Å². The third-order valence-electron chi connectivity index (χ3n) is 5.07. The quantitative estimate of drug-likeness (QED) is 0.0178. The first-order valence-electron chi connectivity index (χ1n) is 11.6. The van der Waals surface area contributed by atoms with Crippen molar-refractivity contribution in [1.82, 2.24) is 0 Å². The van der Waals surface area contributed by atoms with Gasteiger partial charge in [-0.05, 0) is 70.8 Å². The molecule has 0 radical (unpaired) electrons. The van der Waals surface area contributed by atoms with Crippen molar-refractivity contribution in [3.63, 3.8) is 0 Å². The first-order chi connectivity index (χ1) is 21.2. The maximum atomic E-state index is 8.90. The minimum absolute atomic E-state index is 0. The van der Waals surface area contributed by atoms with Crippen molar-refractivity contribution in [3.8, 4) is 22.3 Å². The molecule has 0 aromatic heterocycles. The van der Waals surface area contributed by atoms with Gasteiger partial charge in [-0.15, -0.1) is 17.0 Å². The van der Waals surface area contributed by atoms with E-state index in [0.29, 0.717) is 45.5 Å². The van der Waals surface area contributed by atoms with Crippen LogP contribution in [0.15, 0.2) is 72.8 Å². The van der Waals surface area contributed by atoms with Crippen LogP contribution in [-0.2, 0) is 36.7 Å². The molecule has 0 aliphatic rings. The van der Waals surface area contributed by atoms with Crippen LogP contribution < -0.4 is 105 Å². The Bertz CT molecular complexity index is 1670. The Labute approximate surface area is 325 Å². The van der Waals surface area contributed by atoms with Crippen molar-refractivity contribution < 1.29 is 109 Å². The molecular formula is C24H31N8Na2O11S3-. The van der Waals surface area contributed by atoms with Crippen molar-refractivity contribution in [2.45, 2.75) is 0 Å². The summed E-state index contributed by atoms with van der Waals surface area (Å²) < 4.78 is 78.6. The topological polar surface area (TPSA) is 406 Å². The van der Waals surface area contributed by atoms with Gasteiger partial charge in [-0.3, -0.25) is 4.55 Å². The van der Waals surface area contributed by atoms with Crippen LogP contribution in [0.3, 0.4) is 0 Å². The molecule has 0 saturated heterocycles. The second-order valence-corrected chi connectivity index (χ2v) is 10.1. The van der Waals surface area contributed by atoms with Gasteiger partial charge in [0, 0.05) is 0 Å². The van der Waals surface area contributed by atoms with Crippen LogP contribution in [0.5, 0.6) is 0 Å². The third kappa shape index (κ3) is 21.6. The zero-order chi connectivity index (χ0) is 35.8. The van der Waals surface area contributed by atoms with Crippen molar-refractivity contribution in [1.29, 1.82) is 0 Å². The number of benzene rings is 4. The van der Waals surface area contributed by atoms with Crippen LogP contribution in [0, 0.1) is 0 Å². The fourth-order valence-electron chi connectivity index (χ4n) is 3.02. The van der Waals surface area contributed by atoms with Crippen molar-refractivity contribution in [3.05, 3.63) is 72.8 Å². The minimum atomic E-state index is -4.92. The molecule has 0 amide bonds. The zero-order valence-corrected chi connectivity index (χ0v) is 31.8. The van der Waals surface area contributed by atoms with Gasteiger partial charge in [0.1, 0.15) is 11.4 Å². The van der Waals surface area contributed by atoms with Crippen molar-refractivity contribution >= 4 is 77.9 Å². The van der Waals surface area contributed by atoms with Crippen LogP contribution in [0.2, 0.25) is 0 Å². The summed E-state index contributed by atoms with van der Waals surface area (Å²) in [6.45, 7) is 0. The molecule has 0 fully saturated rings. The Morgan fingerprint density at radius 1 is 0.542 bits per heavy atom. The molecule has 24 heteroatoms. The monoisotopic (exact) mass is 749 g/mol. The van der Waals surface area contributed by atoms with E-state index in [-0.39, 0.29) is 60.5 Å². The van der Waals surface area contributed by atoms with Crippen LogP contribution in [0.1, 0.15) is 1.43 Å². The number of nitrogens with two attached hydrogens (primary N) is 8. The molecule has 48 heavy (non-hydrogen) atoms. The van der Waals surface area contributed by atoms with Gasteiger partial charge in [0.2, 0.25) is 10.4 Å². The van der Waals surface area contributed by atoms with Gasteiger partial charge in [0.25, 0.3) is 0 Å². The van der Waals surface area contributed by atoms with E-state index in [9.17, 15) is 0 Å². The number of hydrogen-bond donors (Lipinski definition) is 10. The first kappa shape index (κ1) is 49.2. The third-order valence-corrected chi connectivity index (χ3v) is 5.20. The fourth-order valence-corrected chi connectivity index (χ4v) is 3.02. The number of hydrogen-bond acceptors (Lipinski definition) is 18. The Kier molecular flexibility index (Phi) is 24.6. The van der Waals surface area contributed by atoms with E-state index in [2.05, 4.69) is 4.33 Å². The van der Waals surface area contributed by atoms with Gasteiger partial charge in [-0.25, -0.2) is 17.9 Å². The fraction of sp³-hybridized carbons (Fsp3) is 0. The van der Waals surface area contributed by atoms with E-state index in [1.807, 2.05) is 48.5 Å². The summed E-state index contributed by atoms with van der Waals surface area (Å²) in [5.41, 5.74) is 54.0. The maximum absolute atomic E-state index is 8.90. The molecular weight excluding hydrogens is 718 g/mol. The summed E-state index contributed by atoms with van der Waals surface area (Å²) in [6, 6.07) is 22.0. The molecule has 1 atom stereocenters. The van der Waals surface area contributed by atoms with Crippen LogP contribution in [-0.4, -0.2) is 44.2 Å². The van der Waals surface area contributed by atoms with Gasteiger partial charge in [-0.2, -0.15) is 0 Å². The zero-order valence-electron chi connectivity index (χ0n) is 26.3. The second-order valence-electron chi connectivity index (χ2n) is 8.29. The number of rotatable bonds is 3. The molecule has 1 unspecified atom stereocenters. The standard InChI is InChI=1S/2C12H14N4.2Na.2H2O4S.O3S.H/c2*13-9-3-1-7(5-11(9)15)8-2-4-10(14)12(16)6-8;;;1-5(2,3)4;1-4-5(2)3;1-4(2)3;/h2*1-6H,13-16H2;;;(H2,1,2,3,4);1H,(H,2,3);;/q;;2*+1;;;;-1/p-2. The molecule has 4 rings (SSSR count). The summed E-state index contributed by atoms with van der Waals surface area (Å²) in [5.74, 6) is 0. The van der Waals surface area contributed by atoms with Crippen molar-refractivity contribution in [2.24, 2.45) is 0 Å². The number of nitrogen functional groups attached to an aromatic ring is 8. The molecule has 4 aromatic rings. The van der Waals surface area contributed by atoms with Crippen LogP contribution >= 0.6 is 0 Å². The van der Waals surface area contributed by atoms with Gasteiger partial charge in [0.05, 0.1) is 45.5 Å². The van der Waals surface area contributed by atoms with E-state index in [4.69, 9.17) is 90.0 Å². The normalized spacial score (nSPS) is 10.1. The summed E-state index contributed by atoms with van der Waals surface area (Å²) in [6.07, 6.45) is 0. The molecule has 0 aliphatic carbocycles. The summed E-state index contributed by atoms with van der Waals surface area (Å²) >= 11 is -2.77. The average Bonchev–Trinajstić information content (AvgIpc) is 2.94. The minimum Gasteiger partial charge on any atom is -1.00 e. The van der Waals surface area contributed by atoms with Gasteiger partial charge < -0.3 is 56.4 Å². The Hall–Kier alpha value is -3.20. The maximum Gasteiger partial charge on any atom is 1.00 e. The van der Waals surface area contributed by atoms with E-state index in [0.717, 1.165) is 22.3 Å². The Morgan fingerprint density at radius 3 is 0.792 bits per heavy atom. The molecule has 18 N–H and O–H groups in total. The van der Waals surface area contributed by atoms with E-state index < -0.39 is 32.4 Å². The second kappa shape index (κ2) is 24.0. The molecule has 0 bridgehead atoms. The first-order valence-corrected chi connectivity index (χ1v) is 15.0. The predicted molar refractivity (Wildman–Crippen MR) is 175 cm³/mol. The molecule has 4 aromatic carbocycles. The predicted octanol–water partition coefficient (Wildman–Crippen LogP) is -5.24. The molecule has 0 aliphatic heterocycles. The molecule has 0 heterocycles. The smallest absolute Gasteiger partial charge is 1.00 e. The summed E-state index contributed by atoms with van der Waals surface area (Å²) in [5, 5.41) is 7.03. The number of anilines is 8. The average molecular weight is 750 g/mol. The van der Waals surface area contributed by atoms with Crippen molar-refractivity contribution in [2.75, 3.05) is 45.9 Å². The Morgan fingerprint density at radius 2 is 0.688 bits per heavy atom. The van der Waals surface area contributed by atoms with Crippen LogP contribution in [0.4, 0.5) is 45.5 Å². The summed E-state index contributed by atoms with van der Waals surface area (Å²) in [4.78, 5) is 0. The molecule has 0 spiro atoms. The largest absolute Gasteiger partial charge is 1.00 e. The Balaban J connectivity index is -0.000000288. The van der Waals surface area contributed by atoms with Gasteiger partial charge >= 0.3 is 69.7 Å². The van der Waals surface area contributed by atoms with Gasteiger partial charge in [-0.1, -0.05) is 24.3 Å². The van der Waals surface area contributed by atoms with Crippen LogP contribution in [0.25, 0.3) is 22.3 Å². The van der Waals surface area contributed by atoms with Gasteiger partial charge in [0.15, 0.2) is 0 Å². The van der Waals surface area contributed by atoms with E-state index in [1.165, 1.54) is 0 Å². The summed E-state index contributed by atoms with van der Waals surface area (Å²) in [7, 11) is -8.03. The molecule has 19 nitrogen and oxygen atoms in total.